The van der Waals surface area contributed by atoms with Crippen LogP contribution < -0.4 is 10.1 Å². The Morgan fingerprint density at radius 2 is 2.00 bits per heavy atom. The summed E-state index contributed by atoms with van der Waals surface area (Å²) in [5.41, 5.74) is 1.66. The van der Waals surface area contributed by atoms with Crippen LogP contribution >= 0.6 is 15.9 Å². The summed E-state index contributed by atoms with van der Waals surface area (Å²) in [6, 6.07) is 10.8. The van der Waals surface area contributed by atoms with E-state index >= 15 is 0 Å². The normalized spacial score (nSPS) is 10.7. The fraction of sp³-hybridized carbons (Fsp3) is 0.294. The molecule has 2 aromatic carbocycles. The van der Waals surface area contributed by atoms with E-state index in [9.17, 15) is 4.39 Å². The Morgan fingerprint density at radius 3 is 2.71 bits per heavy atom. The SMILES string of the molecule is CCCNCc1ccc(Br)cc1Oc1ccc(C)c(F)c1. The fourth-order valence-corrected chi connectivity index (χ4v) is 2.27. The van der Waals surface area contributed by atoms with E-state index < -0.39 is 0 Å². The highest BCUT2D eigenvalue weighted by atomic mass is 79.9. The van der Waals surface area contributed by atoms with Crippen molar-refractivity contribution in [1.29, 1.82) is 0 Å². The Hall–Kier alpha value is -1.39. The number of ether oxygens (including phenoxy) is 1. The van der Waals surface area contributed by atoms with E-state index in [1.165, 1.54) is 6.07 Å². The summed E-state index contributed by atoms with van der Waals surface area (Å²) in [6.07, 6.45) is 1.08. The summed E-state index contributed by atoms with van der Waals surface area (Å²) in [5, 5.41) is 3.35. The molecule has 0 fully saturated rings. The Labute approximate surface area is 133 Å². The zero-order chi connectivity index (χ0) is 15.2. The molecule has 0 unspecified atom stereocenters. The summed E-state index contributed by atoms with van der Waals surface area (Å²) < 4.78 is 20.4. The van der Waals surface area contributed by atoms with Gasteiger partial charge < -0.3 is 10.1 Å². The standard InChI is InChI=1S/C17H19BrFNO/c1-3-8-20-11-13-5-6-14(18)9-17(13)21-15-7-4-12(2)16(19)10-15/h4-7,9-10,20H,3,8,11H2,1-2H3. The highest BCUT2D eigenvalue weighted by molar-refractivity contribution is 9.10. The average molecular weight is 352 g/mol. The smallest absolute Gasteiger partial charge is 0.133 e. The molecule has 0 atom stereocenters. The molecule has 0 radical (unpaired) electrons. The molecule has 0 aliphatic heterocycles. The van der Waals surface area contributed by atoms with Gasteiger partial charge in [0.2, 0.25) is 0 Å². The second-order valence-corrected chi connectivity index (χ2v) is 5.86. The first kappa shape index (κ1) is 16.0. The van der Waals surface area contributed by atoms with Gasteiger partial charge in [0.05, 0.1) is 0 Å². The predicted molar refractivity (Wildman–Crippen MR) is 87.4 cm³/mol. The molecule has 2 aromatic rings. The molecule has 0 aromatic heterocycles. The van der Waals surface area contributed by atoms with Crippen molar-refractivity contribution in [3.05, 3.63) is 57.8 Å². The van der Waals surface area contributed by atoms with Crippen LogP contribution in [-0.2, 0) is 6.54 Å². The lowest BCUT2D eigenvalue weighted by Crippen LogP contribution is -2.14. The van der Waals surface area contributed by atoms with Crippen LogP contribution in [0.25, 0.3) is 0 Å². The van der Waals surface area contributed by atoms with Gasteiger partial charge in [-0.3, -0.25) is 0 Å². The molecule has 0 aliphatic rings. The molecule has 0 bridgehead atoms. The van der Waals surface area contributed by atoms with Crippen molar-refractivity contribution in [3.8, 4) is 11.5 Å². The van der Waals surface area contributed by atoms with E-state index in [-0.39, 0.29) is 5.82 Å². The molecule has 0 amide bonds. The van der Waals surface area contributed by atoms with Crippen LogP contribution in [0.15, 0.2) is 40.9 Å². The molecular weight excluding hydrogens is 333 g/mol. The maximum atomic E-state index is 13.6. The first-order valence-corrected chi connectivity index (χ1v) is 7.82. The molecule has 0 aliphatic carbocycles. The van der Waals surface area contributed by atoms with Crippen LogP contribution in [0.4, 0.5) is 4.39 Å². The Balaban J connectivity index is 2.20. The van der Waals surface area contributed by atoms with Crippen LogP contribution in [-0.4, -0.2) is 6.54 Å². The maximum Gasteiger partial charge on any atom is 0.133 e. The quantitative estimate of drug-likeness (QED) is 0.723. The van der Waals surface area contributed by atoms with E-state index in [0.29, 0.717) is 11.3 Å². The van der Waals surface area contributed by atoms with Crippen LogP contribution in [0.5, 0.6) is 11.5 Å². The van der Waals surface area contributed by atoms with Gasteiger partial charge in [0.25, 0.3) is 0 Å². The number of halogens is 2. The van der Waals surface area contributed by atoms with Gasteiger partial charge in [-0.15, -0.1) is 0 Å². The monoisotopic (exact) mass is 351 g/mol. The third-order valence-electron chi connectivity index (χ3n) is 3.14. The molecule has 0 heterocycles. The minimum atomic E-state index is -0.256. The van der Waals surface area contributed by atoms with Gasteiger partial charge >= 0.3 is 0 Å². The van der Waals surface area contributed by atoms with E-state index in [1.807, 2.05) is 18.2 Å². The largest absolute Gasteiger partial charge is 0.457 e. The molecule has 1 N–H and O–H groups in total. The topological polar surface area (TPSA) is 21.3 Å². The summed E-state index contributed by atoms with van der Waals surface area (Å²) in [5.74, 6) is 0.984. The number of rotatable bonds is 6. The molecule has 2 rings (SSSR count). The number of hydrogen-bond donors (Lipinski definition) is 1. The van der Waals surface area contributed by atoms with Gasteiger partial charge in [-0.2, -0.15) is 0 Å². The minimum Gasteiger partial charge on any atom is -0.457 e. The van der Waals surface area contributed by atoms with Gasteiger partial charge in [-0.25, -0.2) is 4.39 Å². The van der Waals surface area contributed by atoms with E-state index in [1.54, 1.807) is 19.1 Å². The molecule has 2 nitrogen and oxygen atoms in total. The Bertz CT molecular complexity index is 616. The van der Waals surface area contributed by atoms with Crippen molar-refractivity contribution >= 4 is 15.9 Å². The summed E-state index contributed by atoms with van der Waals surface area (Å²) in [4.78, 5) is 0. The lowest BCUT2D eigenvalue weighted by molar-refractivity contribution is 0.466. The zero-order valence-electron chi connectivity index (χ0n) is 12.2. The number of benzene rings is 2. The first-order valence-electron chi connectivity index (χ1n) is 7.03. The van der Waals surface area contributed by atoms with Gasteiger partial charge in [-0.05, 0) is 43.7 Å². The molecule has 0 saturated carbocycles. The summed E-state index contributed by atoms with van der Waals surface area (Å²) in [7, 11) is 0. The Kier molecular flexibility index (Phi) is 5.76. The van der Waals surface area contributed by atoms with Crippen molar-refractivity contribution in [1.82, 2.24) is 5.32 Å². The minimum absolute atomic E-state index is 0.256. The summed E-state index contributed by atoms with van der Waals surface area (Å²) >= 11 is 3.44. The van der Waals surface area contributed by atoms with Gasteiger partial charge in [0.1, 0.15) is 17.3 Å². The summed E-state index contributed by atoms with van der Waals surface area (Å²) in [6.45, 7) is 5.54. The number of aryl methyl sites for hydroxylation is 1. The maximum absolute atomic E-state index is 13.6. The van der Waals surface area contributed by atoms with Crippen LogP contribution in [0, 0.1) is 12.7 Å². The van der Waals surface area contributed by atoms with Crippen LogP contribution in [0.2, 0.25) is 0 Å². The predicted octanol–water partition coefficient (Wildman–Crippen LogP) is 5.19. The van der Waals surface area contributed by atoms with E-state index in [0.717, 1.165) is 35.3 Å². The molecule has 112 valence electrons. The van der Waals surface area contributed by atoms with Crippen molar-refractivity contribution in [2.24, 2.45) is 0 Å². The average Bonchev–Trinajstić information content (AvgIpc) is 2.45. The van der Waals surface area contributed by atoms with Crippen molar-refractivity contribution < 1.29 is 9.13 Å². The third kappa shape index (κ3) is 4.55. The number of hydrogen-bond acceptors (Lipinski definition) is 2. The lowest BCUT2D eigenvalue weighted by atomic mass is 10.2. The highest BCUT2D eigenvalue weighted by Gasteiger charge is 2.07. The van der Waals surface area contributed by atoms with Gasteiger partial charge in [0.15, 0.2) is 0 Å². The van der Waals surface area contributed by atoms with Crippen molar-refractivity contribution in [3.63, 3.8) is 0 Å². The zero-order valence-corrected chi connectivity index (χ0v) is 13.8. The first-order chi connectivity index (χ1) is 10.1. The highest BCUT2D eigenvalue weighted by Crippen LogP contribution is 2.29. The second-order valence-electron chi connectivity index (χ2n) is 4.94. The van der Waals surface area contributed by atoms with Crippen LogP contribution in [0.3, 0.4) is 0 Å². The van der Waals surface area contributed by atoms with Crippen molar-refractivity contribution in [2.75, 3.05) is 6.54 Å². The fourth-order valence-electron chi connectivity index (χ4n) is 1.93. The Morgan fingerprint density at radius 1 is 1.19 bits per heavy atom. The number of nitrogens with one attached hydrogen (secondary N) is 1. The van der Waals surface area contributed by atoms with E-state index in [4.69, 9.17) is 4.74 Å². The molecule has 21 heavy (non-hydrogen) atoms. The molecular formula is C17H19BrFNO. The molecule has 4 heteroatoms. The van der Waals surface area contributed by atoms with E-state index in [2.05, 4.69) is 28.2 Å². The molecule has 0 spiro atoms. The lowest BCUT2D eigenvalue weighted by Gasteiger charge is -2.13. The van der Waals surface area contributed by atoms with Gasteiger partial charge in [0, 0.05) is 22.6 Å². The third-order valence-corrected chi connectivity index (χ3v) is 3.64. The van der Waals surface area contributed by atoms with Crippen molar-refractivity contribution in [2.45, 2.75) is 26.8 Å². The van der Waals surface area contributed by atoms with Crippen LogP contribution in [0.1, 0.15) is 24.5 Å². The second kappa shape index (κ2) is 7.57. The van der Waals surface area contributed by atoms with Gasteiger partial charge in [-0.1, -0.05) is 35.0 Å². The molecule has 0 saturated heterocycles.